The number of benzene rings is 3. The van der Waals surface area contributed by atoms with Gasteiger partial charge < -0.3 is 0 Å². The second-order valence-corrected chi connectivity index (χ2v) is 9.36. The van der Waals surface area contributed by atoms with Crippen LogP contribution < -0.4 is 9.91 Å². The lowest BCUT2D eigenvalue weighted by Crippen LogP contribution is -2.29. The number of nitro benzene ring substituents is 1. The fourth-order valence-electron chi connectivity index (χ4n) is 3.85. The SMILES string of the molecule is Cc1ccc2nc(N(/N=C/c3ccc([N+](=O)[O-])cc3)C(=O)c3ccc(N4C(=O)CCC4=O)cc3)sc2c1. The summed E-state index contributed by atoms with van der Waals surface area (Å²) in [5.74, 6) is -1.02. The summed E-state index contributed by atoms with van der Waals surface area (Å²) in [5.41, 5.74) is 2.95. The van der Waals surface area contributed by atoms with E-state index in [-0.39, 0.29) is 35.9 Å². The molecule has 2 heterocycles. The minimum atomic E-state index is -0.493. The van der Waals surface area contributed by atoms with Crippen LogP contribution in [0, 0.1) is 17.0 Å². The van der Waals surface area contributed by atoms with Gasteiger partial charge in [-0.05, 0) is 66.6 Å². The van der Waals surface area contributed by atoms with E-state index in [0.717, 1.165) is 20.7 Å². The molecule has 0 unspecified atom stereocenters. The highest BCUT2D eigenvalue weighted by atomic mass is 32.1. The van der Waals surface area contributed by atoms with Crippen LogP contribution in [0.15, 0.2) is 71.8 Å². The number of amides is 3. The highest BCUT2D eigenvalue weighted by molar-refractivity contribution is 7.22. The molecule has 0 bridgehead atoms. The number of aromatic nitrogens is 1. The first-order valence-corrected chi connectivity index (χ1v) is 12.1. The largest absolute Gasteiger partial charge is 0.280 e. The van der Waals surface area contributed by atoms with Gasteiger partial charge in [-0.15, -0.1) is 0 Å². The third-order valence-electron chi connectivity index (χ3n) is 5.76. The van der Waals surface area contributed by atoms with Gasteiger partial charge in [0.25, 0.3) is 11.6 Å². The summed E-state index contributed by atoms with van der Waals surface area (Å²) >= 11 is 1.30. The van der Waals surface area contributed by atoms with Gasteiger partial charge in [-0.3, -0.25) is 29.4 Å². The molecule has 1 aliphatic rings. The quantitative estimate of drug-likeness (QED) is 0.157. The Morgan fingerprint density at radius 2 is 1.73 bits per heavy atom. The Morgan fingerprint density at radius 3 is 2.38 bits per heavy atom. The number of aryl methyl sites for hydroxylation is 1. The third kappa shape index (κ3) is 4.84. The molecule has 0 saturated carbocycles. The van der Waals surface area contributed by atoms with Crippen LogP contribution in [0.3, 0.4) is 0 Å². The van der Waals surface area contributed by atoms with Gasteiger partial charge in [0, 0.05) is 30.5 Å². The molecule has 5 rings (SSSR count). The predicted molar refractivity (Wildman–Crippen MR) is 140 cm³/mol. The standard InChI is InChI=1S/C26H19N5O5S/c1-16-2-11-21-22(14-16)37-26(28-21)30(27-15-17-3-7-20(8-4-17)31(35)36)25(34)18-5-9-19(10-6-18)29-23(32)12-13-24(29)33/h2-11,14-15H,12-13H2,1H3/b27-15+. The van der Waals surface area contributed by atoms with Gasteiger partial charge in [0.15, 0.2) is 0 Å². The zero-order valence-electron chi connectivity index (χ0n) is 19.5. The van der Waals surface area contributed by atoms with Crippen molar-refractivity contribution in [2.45, 2.75) is 19.8 Å². The number of thiazole rings is 1. The van der Waals surface area contributed by atoms with E-state index >= 15 is 0 Å². The Hall–Kier alpha value is -4.77. The van der Waals surface area contributed by atoms with Crippen molar-refractivity contribution in [3.63, 3.8) is 0 Å². The van der Waals surface area contributed by atoms with E-state index in [1.807, 2.05) is 25.1 Å². The highest BCUT2D eigenvalue weighted by Gasteiger charge is 2.30. The normalized spacial score (nSPS) is 13.6. The maximum atomic E-state index is 13.6. The van der Waals surface area contributed by atoms with Crippen molar-refractivity contribution in [3.8, 4) is 0 Å². The van der Waals surface area contributed by atoms with Gasteiger partial charge in [-0.25, -0.2) is 4.98 Å². The molecule has 0 N–H and O–H groups in total. The van der Waals surface area contributed by atoms with Gasteiger partial charge in [0.05, 0.1) is 27.0 Å². The number of non-ortho nitro benzene ring substituents is 1. The topological polar surface area (TPSA) is 126 Å². The average molecular weight is 514 g/mol. The van der Waals surface area contributed by atoms with Gasteiger partial charge in [-0.1, -0.05) is 17.4 Å². The summed E-state index contributed by atoms with van der Waals surface area (Å²) in [6.45, 7) is 1.96. The minimum Gasteiger partial charge on any atom is -0.274 e. The molecule has 1 fully saturated rings. The van der Waals surface area contributed by atoms with Crippen molar-refractivity contribution < 1.29 is 19.3 Å². The molecule has 1 aliphatic heterocycles. The number of anilines is 2. The number of carbonyl (C=O) groups is 3. The molecule has 0 aliphatic carbocycles. The zero-order valence-corrected chi connectivity index (χ0v) is 20.3. The monoisotopic (exact) mass is 513 g/mol. The number of hydrogen-bond acceptors (Lipinski definition) is 8. The molecule has 37 heavy (non-hydrogen) atoms. The highest BCUT2D eigenvalue weighted by Crippen LogP contribution is 2.31. The summed E-state index contributed by atoms with van der Waals surface area (Å²) in [5, 5.41) is 16.8. The van der Waals surface area contributed by atoms with E-state index in [0.29, 0.717) is 16.4 Å². The van der Waals surface area contributed by atoms with Crippen molar-refractivity contribution in [3.05, 3.63) is 93.5 Å². The Labute approximate surface area is 214 Å². The molecule has 184 valence electrons. The molecule has 0 atom stereocenters. The third-order valence-corrected chi connectivity index (χ3v) is 6.75. The molecule has 3 aromatic carbocycles. The summed E-state index contributed by atoms with van der Waals surface area (Å²) in [7, 11) is 0. The first kappa shape index (κ1) is 23.9. The number of hydrazone groups is 1. The number of rotatable bonds is 6. The van der Waals surface area contributed by atoms with Gasteiger partial charge >= 0.3 is 0 Å². The smallest absolute Gasteiger partial charge is 0.274 e. The van der Waals surface area contributed by atoms with Crippen molar-refractivity contribution >= 4 is 62.0 Å². The van der Waals surface area contributed by atoms with Crippen LogP contribution >= 0.6 is 11.3 Å². The molecule has 10 nitrogen and oxygen atoms in total. The van der Waals surface area contributed by atoms with Crippen molar-refractivity contribution in [2.75, 3.05) is 9.91 Å². The summed E-state index contributed by atoms with van der Waals surface area (Å²) in [6, 6.07) is 17.7. The number of fused-ring (bicyclic) bond motifs is 1. The van der Waals surface area contributed by atoms with Crippen molar-refractivity contribution in [2.24, 2.45) is 5.10 Å². The van der Waals surface area contributed by atoms with Gasteiger partial charge in [0.2, 0.25) is 16.9 Å². The predicted octanol–water partition coefficient (Wildman–Crippen LogP) is 4.85. The zero-order chi connectivity index (χ0) is 26.1. The minimum absolute atomic E-state index is 0.0540. The molecular formula is C26H19N5O5S. The van der Waals surface area contributed by atoms with Crippen molar-refractivity contribution in [1.82, 2.24) is 4.98 Å². The van der Waals surface area contributed by atoms with E-state index in [4.69, 9.17) is 0 Å². The lowest BCUT2D eigenvalue weighted by Gasteiger charge is -2.16. The van der Waals surface area contributed by atoms with Gasteiger partial charge in [-0.2, -0.15) is 10.1 Å². The van der Waals surface area contributed by atoms with Crippen LogP contribution in [0.2, 0.25) is 0 Å². The lowest BCUT2D eigenvalue weighted by molar-refractivity contribution is -0.384. The van der Waals surface area contributed by atoms with Crippen LogP contribution in [-0.2, 0) is 9.59 Å². The number of hydrogen-bond donors (Lipinski definition) is 0. The second-order valence-electron chi connectivity index (χ2n) is 8.35. The molecule has 0 radical (unpaired) electrons. The van der Waals surface area contributed by atoms with Crippen LogP contribution in [0.5, 0.6) is 0 Å². The number of carbonyl (C=O) groups excluding carboxylic acids is 3. The fraction of sp³-hybridized carbons (Fsp3) is 0.115. The van der Waals surface area contributed by atoms with E-state index in [9.17, 15) is 24.5 Å². The summed E-state index contributed by atoms with van der Waals surface area (Å²) < 4.78 is 0.889. The van der Waals surface area contributed by atoms with Crippen LogP contribution in [-0.4, -0.2) is 33.8 Å². The molecule has 3 amide bonds. The maximum absolute atomic E-state index is 13.6. The fourth-order valence-corrected chi connectivity index (χ4v) is 4.87. The first-order valence-electron chi connectivity index (χ1n) is 11.3. The van der Waals surface area contributed by atoms with E-state index in [2.05, 4.69) is 10.1 Å². The molecule has 11 heteroatoms. The number of nitrogens with zero attached hydrogens (tertiary/aromatic N) is 5. The van der Waals surface area contributed by atoms with E-state index in [1.165, 1.54) is 59.0 Å². The van der Waals surface area contributed by atoms with Crippen LogP contribution in [0.4, 0.5) is 16.5 Å². The number of imide groups is 1. The summed E-state index contributed by atoms with van der Waals surface area (Å²) in [4.78, 5) is 53.8. The first-order chi connectivity index (χ1) is 17.8. The Kier molecular flexibility index (Phi) is 6.28. The maximum Gasteiger partial charge on any atom is 0.280 e. The molecule has 4 aromatic rings. The molecule has 1 saturated heterocycles. The molecule has 0 spiro atoms. The van der Waals surface area contributed by atoms with Crippen molar-refractivity contribution in [1.29, 1.82) is 0 Å². The summed E-state index contributed by atoms with van der Waals surface area (Å²) in [6.07, 6.45) is 1.76. The van der Waals surface area contributed by atoms with Crippen LogP contribution in [0.25, 0.3) is 10.2 Å². The lowest BCUT2D eigenvalue weighted by atomic mass is 10.2. The Bertz CT molecular complexity index is 1560. The van der Waals surface area contributed by atoms with E-state index < -0.39 is 10.8 Å². The van der Waals surface area contributed by atoms with Gasteiger partial charge in [0.1, 0.15) is 0 Å². The van der Waals surface area contributed by atoms with Crippen LogP contribution in [0.1, 0.15) is 34.3 Å². The Balaban J connectivity index is 1.49. The molecular weight excluding hydrogens is 494 g/mol. The molecule has 1 aromatic heterocycles. The average Bonchev–Trinajstić information content (AvgIpc) is 3.46. The Morgan fingerprint density at radius 1 is 1.05 bits per heavy atom. The van der Waals surface area contributed by atoms with E-state index in [1.54, 1.807) is 12.1 Å². The second kappa shape index (κ2) is 9.70. The number of nitro groups is 1.